The van der Waals surface area contributed by atoms with Crippen molar-refractivity contribution in [3.63, 3.8) is 0 Å². The van der Waals surface area contributed by atoms with Gasteiger partial charge in [0.1, 0.15) is 0 Å². The molecule has 2 aromatic rings. The molecule has 1 aromatic heterocycles. The molecule has 1 aromatic carbocycles. The van der Waals surface area contributed by atoms with Gasteiger partial charge < -0.3 is 5.32 Å². The van der Waals surface area contributed by atoms with Crippen LogP contribution in [0.25, 0.3) is 0 Å². The van der Waals surface area contributed by atoms with Gasteiger partial charge in [0.2, 0.25) is 0 Å². The molecule has 21 heavy (non-hydrogen) atoms. The van der Waals surface area contributed by atoms with Crippen molar-refractivity contribution in [2.24, 2.45) is 0 Å². The maximum absolute atomic E-state index is 12.0. The Balaban J connectivity index is 1.57. The Morgan fingerprint density at radius 1 is 1.19 bits per heavy atom. The predicted molar refractivity (Wildman–Crippen MR) is 84.7 cm³/mol. The third-order valence-electron chi connectivity index (χ3n) is 3.91. The number of rotatable bonds is 5. The number of fused-ring (bicyclic) bond motifs is 1. The molecule has 1 aliphatic rings. The summed E-state index contributed by atoms with van der Waals surface area (Å²) in [5, 5.41) is 7.74. The van der Waals surface area contributed by atoms with Crippen molar-refractivity contribution < 1.29 is 0 Å². The fraction of sp³-hybridized carbons (Fsp3) is 0.412. The van der Waals surface area contributed by atoms with Crippen molar-refractivity contribution in [1.82, 2.24) is 9.78 Å². The van der Waals surface area contributed by atoms with E-state index in [1.54, 1.807) is 10.7 Å². The van der Waals surface area contributed by atoms with Gasteiger partial charge in [-0.15, -0.1) is 0 Å². The van der Waals surface area contributed by atoms with Gasteiger partial charge >= 0.3 is 0 Å². The maximum Gasteiger partial charge on any atom is 0.268 e. The molecule has 0 unspecified atom stereocenters. The van der Waals surface area contributed by atoms with E-state index >= 15 is 0 Å². The quantitative estimate of drug-likeness (QED) is 0.858. The second kappa shape index (κ2) is 6.57. The van der Waals surface area contributed by atoms with E-state index in [4.69, 9.17) is 0 Å². The smallest absolute Gasteiger partial charge is 0.268 e. The number of anilines is 1. The molecular weight excluding hydrogens is 262 g/mol. The van der Waals surface area contributed by atoms with Crippen LogP contribution in [0, 0.1) is 0 Å². The highest BCUT2D eigenvalue weighted by Gasteiger charge is 2.12. The lowest BCUT2D eigenvalue weighted by Crippen LogP contribution is -2.27. The number of hydrogen-bond donors (Lipinski definition) is 1. The molecule has 3 rings (SSSR count). The number of aromatic nitrogens is 2. The van der Waals surface area contributed by atoms with Crippen LogP contribution >= 0.6 is 0 Å². The van der Waals surface area contributed by atoms with Crippen molar-refractivity contribution in [2.45, 2.75) is 38.6 Å². The monoisotopic (exact) mass is 283 g/mol. The molecule has 2 heterocycles. The second-order valence-corrected chi connectivity index (χ2v) is 5.54. The lowest BCUT2D eigenvalue weighted by atomic mass is 10.1. The maximum atomic E-state index is 12.0. The Morgan fingerprint density at radius 3 is 2.90 bits per heavy atom. The van der Waals surface area contributed by atoms with Crippen LogP contribution in [0.2, 0.25) is 0 Å². The van der Waals surface area contributed by atoms with E-state index in [1.807, 2.05) is 6.07 Å². The minimum atomic E-state index is 0.00265. The van der Waals surface area contributed by atoms with E-state index in [-0.39, 0.29) is 5.56 Å². The first-order valence-corrected chi connectivity index (χ1v) is 7.72. The van der Waals surface area contributed by atoms with Gasteiger partial charge in [-0.1, -0.05) is 30.3 Å². The zero-order chi connectivity index (χ0) is 14.5. The second-order valence-electron chi connectivity index (χ2n) is 5.54. The predicted octanol–water partition coefficient (Wildman–Crippen LogP) is 2.62. The lowest BCUT2D eigenvalue weighted by Gasteiger charge is -2.17. The van der Waals surface area contributed by atoms with Crippen LogP contribution in [0.15, 0.2) is 41.2 Å². The largest absolute Gasteiger partial charge is 0.383 e. The summed E-state index contributed by atoms with van der Waals surface area (Å²) in [6.07, 6.45) is 5.17. The van der Waals surface area contributed by atoms with Crippen LogP contribution in [0.5, 0.6) is 0 Å². The summed E-state index contributed by atoms with van der Waals surface area (Å²) in [7, 11) is 0. The van der Waals surface area contributed by atoms with Gasteiger partial charge in [0.15, 0.2) is 0 Å². The highest BCUT2D eigenvalue weighted by Crippen LogP contribution is 2.16. The Hall–Kier alpha value is -2.10. The molecule has 0 radical (unpaired) electrons. The fourth-order valence-corrected chi connectivity index (χ4v) is 2.74. The van der Waals surface area contributed by atoms with Gasteiger partial charge in [-0.2, -0.15) is 5.10 Å². The van der Waals surface area contributed by atoms with Crippen LogP contribution in [0.4, 0.5) is 5.69 Å². The number of nitrogens with one attached hydrogen (secondary N) is 1. The zero-order valence-electron chi connectivity index (χ0n) is 12.2. The molecule has 0 aliphatic carbocycles. The first kappa shape index (κ1) is 13.9. The standard InChI is InChI=1S/C17H21N3O/c21-17-13-16-15(10-6-11-18-16)19-20(17)12-5-4-9-14-7-2-1-3-8-14/h1-3,7-8,13,18H,4-6,9-12H2. The van der Waals surface area contributed by atoms with Gasteiger partial charge in [0.05, 0.1) is 11.4 Å². The fourth-order valence-electron chi connectivity index (χ4n) is 2.74. The summed E-state index contributed by atoms with van der Waals surface area (Å²) < 4.78 is 1.62. The highest BCUT2D eigenvalue weighted by atomic mass is 16.1. The van der Waals surface area contributed by atoms with E-state index in [1.165, 1.54) is 5.56 Å². The van der Waals surface area contributed by atoms with Crippen LogP contribution < -0.4 is 10.9 Å². The lowest BCUT2D eigenvalue weighted by molar-refractivity contribution is 0.519. The molecule has 110 valence electrons. The Labute approximate surface area is 124 Å². The molecule has 0 amide bonds. The van der Waals surface area contributed by atoms with Crippen molar-refractivity contribution >= 4 is 5.69 Å². The van der Waals surface area contributed by atoms with E-state index < -0.39 is 0 Å². The molecular formula is C17H21N3O. The number of nitrogens with zero attached hydrogens (tertiary/aromatic N) is 2. The van der Waals surface area contributed by atoms with Crippen molar-refractivity contribution in [3.05, 3.63) is 58.0 Å². The van der Waals surface area contributed by atoms with Crippen molar-refractivity contribution in [3.8, 4) is 0 Å². The summed E-state index contributed by atoms with van der Waals surface area (Å²) >= 11 is 0. The van der Waals surface area contributed by atoms with Gasteiger partial charge in [0, 0.05) is 19.2 Å². The topological polar surface area (TPSA) is 46.9 Å². The third-order valence-corrected chi connectivity index (χ3v) is 3.91. The normalized spacial score (nSPS) is 13.5. The van der Waals surface area contributed by atoms with Gasteiger partial charge in [0.25, 0.3) is 5.56 Å². The summed E-state index contributed by atoms with van der Waals surface area (Å²) in [6, 6.07) is 12.2. The molecule has 4 heteroatoms. The molecule has 0 spiro atoms. The summed E-state index contributed by atoms with van der Waals surface area (Å²) in [6.45, 7) is 1.65. The SMILES string of the molecule is O=c1cc2c(nn1CCCCc1ccccc1)CCCN2. The van der Waals surface area contributed by atoms with Crippen LogP contribution in [-0.4, -0.2) is 16.3 Å². The van der Waals surface area contributed by atoms with E-state index in [2.05, 4.69) is 34.7 Å². The first-order chi connectivity index (χ1) is 10.3. The number of hydrogen-bond acceptors (Lipinski definition) is 3. The van der Waals surface area contributed by atoms with Crippen LogP contribution in [0.1, 0.15) is 30.5 Å². The van der Waals surface area contributed by atoms with Gasteiger partial charge in [-0.25, -0.2) is 4.68 Å². The Morgan fingerprint density at radius 2 is 2.05 bits per heavy atom. The number of unbranched alkanes of at least 4 members (excludes halogenated alkanes) is 1. The Bertz CT molecular complexity index is 649. The number of aryl methyl sites for hydroxylation is 3. The average Bonchev–Trinajstić information content (AvgIpc) is 2.53. The van der Waals surface area contributed by atoms with E-state index in [0.29, 0.717) is 6.54 Å². The van der Waals surface area contributed by atoms with Crippen LogP contribution in [0.3, 0.4) is 0 Å². The molecule has 0 fully saturated rings. The molecule has 0 atom stereocenters. The number of benzene rings is 1. The highest BCUT2D eigenvalue weighted by molar-refractivity contribution is 5.48. The van der Waals surface area contributed by atoms with Crippen molar-refractivity contribution in [2.75, 3.05) is 11.9 Å². The first-order valence-electron chi connectivity index (χ1n) is 7.72. The molecule has 4 nitrogen and oxygen atoms in total. The molecule has 0 bridgehead atoms. The van der Waals surface area contributed by atoms with E-state index in [0.717, 1.165) is 50.0 Å². The minimum Gasteiger partial charge on any atom is -0.383 e. The van der Waals surface area contributed by atoms with Crippen LogP contribution in [-0.2, 0) is 19.4 Å². The summed E-state index contributed by atoms with van der Waals surface area (Å²) in [5.74, 6) is 0. The summed E-state index contributed by atoms with van der Waals surface area (Å²) in [5.41, 5.74) is 3.31. The van der Waals surface area contributed by atoms with Gasteiger partial charge in [-0.3, -0.25) is 4.79 Å². The minimum absolute atomic E-state index is 0.00265. The van der Waals surface area contributed by atoms with Crippen molar-refractivity contribution in [1.29, 1.82) is 0 Å². The molecule has 1 N–H and O–H groups in total. The zero-order valence-corrected chi connectivity index (χ0v) is 12.2. The van der Waals surface area contributed by atoms with Gasteiger partial charge in [-0.05, 0) is 37.7 Å². The molecule has 0 saturated heterocycles. The van der Waals surface area contributed by atoms with E-state index in [9.17, 15) is 4.79 Å². The molecule has 0 saturated carbocycles. The third kappa shape index (κ3) is 3.51. The summed E-state index contributed by atoms with van der Waals surface area (Å²) in [4.78, 5) is 12.0. The molecule has 1 aliphatic heterocycles. The Kier molecular flexibility index (Phi) is 4.34. The average molecular weight is 283 g/mol.